The van der Waals surface area contributed by atoms with Crippen LogP contribution in [0.3, 0.4) is 0 Å². The molecule has 24 heavy (non-hydrogen) atoms. The lowest BCUT2D eigenvalue weighted by atomic mass is 10.0. The molecule has 0 bridgehead atoms. The smallest absolute Gasteiger partial charge is 0.254 e. The molecular formula is C18H21N3O2S. The second kappa shape index (κ2) is 7.15. The van der Waals surface area contributed by atoms with E-state index in [9.17, 15) is 9.59 Å². The number of fused-ring (bicyclic) bond motifs is 1. The second-order valence-electron chi connectivity index (χ2n) is 5.91. The maximum atomic E-state index is 12.9. The van der Waals surface area contributed by atoms with Gasteiger partial charge in [0.25, 0.3) is 5.91 Å². The molecule has 2 aromatic rings. The van der Waals surface area contributed by atoms with Crippen LogP contribution in [0.4, 0.5) is 5.69 Å². The Hall–Kier alpha value is -2.18. The highest BCUT2D eigenvalue weighted by Crippen LogP contribution is 2.27. The number of rotatable bonds is 4. The zero-order chi connectivity index (χ0) is 17.1. The summed E-state index contributed by atoms with van der Waals surface area (Å²) in [5.41, 5.74) is 8.75. The fraction of sp³-hybridized carbons (Fsp3) is 0.333. The lowest BCUT2D eigenvalue weighted by Crippen LogP contribution is -2.35. The lowest BCUT2D eigenvalue weighted by molar-refractivity contribution is -0.116. The molecule has 5 nitrogen and oxygen atoms in total. The topological polar surface area (TPSA) is 75.4 Å². The number of carbonyl (C=O) groups excluding carboxylic acids is 2. The molecule has 0 unspecified atom stereocenters. The Bertz CT molecular complexity index is 769. The van der Waals surface area contributed by atoms with Gasteiger partial charge in [0, 0.05) is 42.2 Å². The highest BCUT2D eigenvalue weighted by molar-refractivity contribution is 7.10. The SMILES string of the molecule is Cc1c(NC(=O)CCN)cccc1C(=O)N1CCc2sccc2C1. The first-order valence-corrected chi connectivity index (χ1v) is 8.92. The third-order valence-corrected chi connectivity index (χ3v) is 5.33. The van der Waals surface area contributed by atoms with Crippen molar-refractivity contribution < 1.29 is 9.59 Å². The molecule has 2 amide bonds. The van der Waals surface area contributed by atoms with Crippen LogP contribution in [0.1, 0.15) is 32.8 Å². The normalized spacial score (nSPS) is 13.5. The Balaban J connectivity index is 1.79. The number of nitrogens with two attached hydrogens (primary N) is 1. The molecule has 0 spiro atoms. The van der Waals surface area contributed by atoms with Crippen molar-refractivity contribution in [2.24, 2.45) is 5.73 Å². The number of anilines is 1. The van der Waals surface area contributed by atoms with Crippen LogP contribution in [0.25, 0.3) is 0 Å². The molecule has 1 aliphatic rings. The Labute approximate surface area is 145 Å². The summed E-state index contributed by atoms with van der Waals surface area (Å²) in [6, 6.07) is 7.53. The predicted octanol–water partition coefficient (Wildman–Crippen LogP) is 2.54. The number of nitrogens with zero attached hydrogens (tertiary/aromatic N) is 1. The van der Waals surface area contributed by atoms with Crippen LogP contribution in [0.15, 0.2) is 29.6 Å². The number of benzene rings is 1. The fourth-order valence-electron chi connectivity index (χ4n) is 2.94. The molecule has 0 aliphatic carbocycles. The van der Waals surface area contributed by atoms with Gasteiger partial charge in [-0.05, 0) is 48.1 Å². The first-order chi connectivity index (χ1) is 11.6. The van der Waals surface area contributed by atoms with Crippen molar-refractivity contribution >= 4 is 28.8 Å². The quantitative estimate of drug-likeness (QED) is 0.896. The molecule has 1 aliphatic heterocycles. The summed E-state index contributed by atoms with van der Waals surface area (Å²) < 4.78 is 0. The van der Waals surface area contributed by atoms with Gasteiger partial charge >= 0.3 is 0 Å². The molecule has 1 aromatic carbocycles. The summed E-state index contributed by atoms with van der Waals surface area (Å²) in [6.45, 7) is 3.56. The van der Waals surface area contributed by atoms with Crippen LogP contribution >= 0.6 is 11.3 Å². The van der Waals surface area contributed by atoms with Gasteiger partial charge in [-0.1, -0.05) is 6.07 Å². The van der Waals surface area contributed by atoms with E-state index in [0.29, 0.717) is 24.3 Å². The number of carbonyl (C=O) groups is 2. The molecule has 3 N–H and O–H groups in total. The molecular weight excluding hydrogens is 322 g/mol. The Morgan fingerprint density at radius 2 is 2.17 bits per heavy atom. The summed E-state index contributed by atoms with van der Waals surface area (Å²) in [6.07, 6.45) is 1.18. The molecule has 0 radical (unpaired) electrons. The van der Waals surface area contributed by atoms with Gasteiger partial charge < -0.3 is 16.0 Å². The zero-order valence-electron chi connectivity index (χ0n) is 13.7. The minimum Gasteiger partial charge on any atom is -0.334 e. The van der Waals surface area contributed by atoms with Gasteiger partial charge in [0.1, 0.15) is 0 Å². The molecule has 0 fully saturated rings. The largest absolute Gasteiger partial charge is 0.334 e. The average molecular weight is 343 g/mol. The summed E-state index contributed by atoms with van der Waals surface area (Å²) in [4.78, 5) is 27.9. The molecule has 0 saturated carbocycles. The minimum atomic E-state index is -0.133. The van der Waals surface area contributed by atoms with Crippen molar-refractivity contribution in [2.45, 2.75) is 26.3 Å². The van der Waals surface area contributed by atoms with E-state index in [-0.39, 0.29) is 18.2 Å². The number of hydrogen-bond acceptors (Lipinski definition) is 4. The van der Waals surface area contributed by atoms with E-state index >= 15 is 0 Å². The molecule has 0 atom stereocenters. The van der Waals surface area contributed by atoms with Gasteiger partial charge in [0.2, 0.25) is 5.91 Å². The van der Waals surface area contributed by atoms with Crippen LogP contribution in [-0.2, 0) is 17.8 Å². The predicted molar refractivity (Wildman–Crippen MR) is 96.2 cm³/mol. The maximum Gasteiger partial charge on any atom is 0.254 e. The summed E-state index contributed by atoms with van der Waals surface area (Å²) in [5.74, 6) is -0.120. The summed E-state index contributed by atoms with van der Waals surface area (Å²) in [5, 5.41) is 4.91. The first-order valence-electron chi connectivity index (χ1n) is 8.04. The van der Waals surface area contributed by atoms with E-state index in [1.54, 1.807) is 17.4 Å². The van der Waals surface area contributed by atoms with Crippen molar-refractivity contribution in [3.8, 4) is 0 Å². The molecule has 126 valence electrons. The number of amides is 2. The third kappa shape index (κ3) is 3.34. The number of nitrogens with one attached hydrogen (secondary N) is 1. The zero-order valence-corrected chi connectivity index (χ0v) is 14.5. The van der Waals surface area contributed by atoms with Gasteiger partial charge in [0.15, 0.2) is 0 Å². The molecule has 0 saturated heterocycles. The van der Waals surface area contributed by atoms with Crippen LogP contribution in [-0.4, -0.2) is 29.8 Å². The molecule has 1 aromatic heterocycles. The molecule has 2 heterocycles. The first kappa shape index (κ1) is 16.7. The van der Waals surface area contributed by atoms with Gasteiger partial charge in [-0.15, -0.1) is 11.3 Å². The van der Waals surface area contributed by atoms with E-state index in [4.69, 9.17) is 5.73 Å². The number of hydrogen-bond donors (Lipinski definition) is 2. The van der Waals surface area contributed by atoms with Gasteiger partial charge in [0.05, 0.1) is 0 Å². The van der Waals surface area contributed by atoms with E-state index in [2.05, 4.69) is 16.8 Å². The monoisotopic (exact) mass is 343 g/mol. The van der Waals surface area contributed by atoms with Crippen LogP contribution in [0, 0.1) is 6.92 Å². The van der Waals surface area contributed by atoms with E-state index in [0.717, 1.165) is 18.5 Å². The van der Waals surface area contributed by atoms with E-state index in [1.807, 2.05) is 24.0 Å². The lowest BCUT2D eigenvalue weighted by Gasteiger charge is -2.28. The van der Waals surface area contributed by atoms with Crippen molar-refractivity contribution in [3.63, 3.8) is 0 Å². The van der Waals surface area contributed by atoms with Crippen LogP contribution < -0.4 is 11.1 Å². The van der Waals surface area contributed by atoms with Gasteiger partial charge in [-0.2, -0.15) is 0 Å². The fourth-order valence-corrected chi connectivity index (χ4v) is 3.83. The van der Waals surface area contributed by atoms with Crippen LogP contribution in [0.5, 0.6) is 0 Å². The van der Waals surface area contributed by atoms with Gasteiger partial charge in [-0.3, -0.25) is 9.59 Å². The van der Waals surface area contributed by atoms with E-state index < -0.39 is 0 Å². The highest BCUT2D eigenvalue weighted by Gasteiger charge is 2.24. The standard InChI is InChI=1S/C18H21N3O2S/c1-12-14(3-2-4-15(12)20-17(22)5-8-19)18(23)21-9-6-16-13(11-21)7-10-24-16/h2-4,7,10H,5-6,8-9,11,19H2,1H3,(H,20,22). The third-order valence-electron chi connectivity index (χ3n) is 4.30. The van der Waals surface area contributed by atoms with Crippen molar-refractivity contribution in [1.29, 1.82) is 0 Å². The van der Waals surface area contributed by atoms with Crippen molar-refractivity contribution in [2.75, 3.05) is 18.4 Å². The second-order valence-corrected chi connectivity index (χ2v) is 6.91. The molecule has 6 heteroatoms. The van der Waals surface area contributed by atoms with Crippen molar-refractivity contribution in [3.05, 3.63) is 51.2 Å². The Kier molecular flexibility index (Phi) is 4.97. The van der Waals surface area contributed by atoms with Crippen LogP contribution in [0.2, 0.25) is 0 Å². The maximum absolute atomic E-state index is 12.9. The minimum absolute atomic E-state index is 0.0132. The Morgan fingerprint density at radius 1 is 1.33 bits per heavy atom. The van der Waals surface area contributed by atoms with Gasteiger partial charge in [-0.25, -0.2) is 0 Å². The summed E-state index contributed by atoms with van der Waals surface area (Å²) in [7, 11) is 0. The van der Waals surface area contributed by atoms with E-state index in [1.165, 1.54) is 10.4 Å². The molecule has 3 rings (SSSR count). The Morgan fingerprint density at radius 3 is 2.96 bits per heavy atom. The number of thiophene rings is 1. The van der Waals surface area contributed by atoms with Crippen molar-refractivity contribution in [1.82, 2.24) is 4.90 Å². The summed E-state index contributed by atoms with van der Waals surface area (Å²) >= 11 is 1.76. The highest BCUT2D eigenvalue weighted by atomic mass is 32.1. The average Bonchev–Trinajstić information content (AvgIpc) is 3.04.